The number of nitrogens with zero attached hydrogens (tertiary/aromatic N) is 6. The minimum atomic E-state index is -5.00. The number of amides is 1. The Kier molecular flexibility index (Phi) is 3.79. The summed E-state index contributed by atoms with van der Waals surface area (Å²) in [7, 11) is 0. The number of halogens is 3. The maximum atomic E-state index is 13.0. The number of hydrogen-bond acceptors (Lipinski definition) is 6. The third-order valence-corrected chi connectivity index (χ3v) is 3.52. The van der Waals surface area contributed by atoms with Crippen molar-refractivity contribution in [2.24, 2.45) is 5.10 Å². The number of carbonyl (C=O) groups is 1. The summed E-state index contributed by atoms with van der Waals surface area (Å²) in [5.41, 5.74) is -2.21. The van der Waals surface area contributed by atoms with E-state index in [1.54, 1.807) is 24.3 Å². The summed E-state index contributed by atoms with van der Waals surface area (Å²) < 4.78 is 40.3. The van der Waals surface area contributed by atoms with Crippen LogP contribution >= 0.6 is 0 Å². The average molecular weight is 340 g/mol. The van der Waals surface area contributed by atoms with Crippen molar-refractivity contribution in [3.63, 3.8) is 0 Å². The monoisotopic (exact) mass is 340 g/mol. The first kappa shape index (κ1) is 16.1. The van der Waals surface area contributed by atoms with E-state index in [0.717, 1.165) is 6.21 Å². The Morgan fingerprint density at radius 1 is 1.29 bits per heavy atom. The lowest BCUT2D eigenvalue weighted by molar-refractivity contribution is -0.302. The summed E-state index contributed by atoms with van der Waals surface area (Å²) in [6.07, 6.45) is -3.88. The van der Waals surface area contributed by atoms with Gasteiger partial charge < -0.3 is 5.11 Å². The van der Waals surface area contributed by atoms with Gasteiger partial charge in [0, 0.05) is 12.6 Å². The van der Waals surface area contributed by atoms with Crippen LogP contribution in [0.3, 0.4) is 0 Å². The van der Waals surface area contributed by atoms with Gasteiger partial charge in [-0.25, -0.2) is 4.68 Å². The summed E-state index contributed by atoms with van der Waals surface area (Å²) >= 11 is 0. The lowest BCUT2D eigenvalue weighted by Gasteiger charge is -2.32. The van der Waals surface area contributed by atoms with Crippen molar-refractivity contribution in [1.29, 1.82) is 0 Å². The Balaban J connectivity index is 1.74. The van der Waals surface area contributed by atoms with Crippen LogP contribution in [-0.4, -0.2) is 54.3 Å². The minimum Gasteiger partial charge on any atom is -0.362 e. The molecule has 1 atom stereocenters. The van der Waals surface area contributed by atoms with Crippen LogP contribution in [0.15, 0.2) is 35.7 Å². The lowest BCUT2D eigenvalue weighted by atomic mass is 10.1. The summed E-state index contributed by atoms with van der Waals surface area (Å²) in [5, 5.41) is 23.8. The fourth-order valence-corrected chi connectivity index (χ4v) is 2.23. The average Bonchev–Trinajstić information content (AvgIpc) is 3.17. The minimum absolute atomic E-state index is 0.0856. The van der Waals surface area contributed by atoms with Crippen molar-refractivity contribution in [1.82, 2.24) is 25.2 Å². The molecular weight excluding hydrogens is 329 g/mol. The number of alkyl halides is 3. The summed E-state index contributed by atoms with van der Waals surface area (Å²) in [5.74, 6) is -0.959. The van der Waals surface area contributed by atoms with Gasteiger partial charge in [0.25, 0.3) is 5.72 Å². The zero-order valence-corrected chi connectivity index (χ0v) is 12.1. The van der Waals surface area contributed by atoms with E-state index in [4.69, 9.17) is 0 Å². The molecule has 24 heavy (non-hydrogen) atoms. The van der Waals surface area contributed by atoms with E-state index < -0.39 is 24.2 Å². The molecular formula is C13H11F3N6O2. The third-order valence-electron chi connectivity index (χ3n) is 3.52. The maximum Gasteiger partial charge on any atom is 0.438 e. The number of rotatable bonds is 3. The van der Waals surface area contributed by atoms with Crippen molar-refractivity contribution in [3.05, 3.63) is 36.2 Å². The van der Waals surface area contributed by atoms with E-state index in [0.29, 0.717) is 11.3 Å². The fraction of sp³-hybridized carbons (Fsp3) is 0.308. The van der Waals surface area contributed by atoms with Crippen molar-refractivity contribution in [3.8, 4) is 5.69 Å². The largest absolute Gasteiger partial charge is 0.438 e. The van der Waals surface area contributed by atoms with Gasteiger partial charge in [0.2, 0.25) is 5.91 Å². The molecule has 1 N–H and O–H groups in total. The highest BCUT2D eigenvalue weighted by atomic mass is 19.4. The molecule has 2 heterocycles. The number of benzene rings is 1. The molecule has 0 fully saturated rings. The zero-order chi connectivity index (χ0) is 17.4. The number of tetrazole rings is 1. The van der Waals surface area contributed by atoms with E-state index in [2.05, 4.69) is 20.6 Å². The molecule has 0 unspecified atom stereocenters. The van der Waals surface area contributed by atoms with Gasteiger partial charge in [-0.1, -0.05) is 12.1 Å². The van der Waals surface area contributed by atoms with Crippen LogP contribution in [0.5, 0.6) is 0 Å². The molecule has 1 aliphatic heterocycles. The van der Waals surface area contributed by atoms with E-state index in [9.17, 15) is 23.1 Å². The lowest BCUT2D eigenvalue weighted by Crippen LogP contribution is -2.56. The van der Waals surface area contributed by atoms with Crippen LogP contribution in [0.1, 0.15) is 12.0 Å². The first-order valence-electron chi connectivity index (χ1n) is 6.78. The highest BCUT2D eigenvalue weighted by Gasteiger charge is 2.61. The van der Waals surface area contributed by atoms with Crippen LogP contribution in [-0.2, 0) is 11.2 Å². The second-order valence-corrected chi connectivity index (χ2v) is 5.12. The summed E-state index contributed by atoms with van der Waals surface area (Å²) in [4.78, 5) is 12.1. The molecule has 0 bridgehead atoms. The van der Waals surface area contributed by atoms with E-state index >= 15 is 0 Å². The molecule has 1 aliphatic rings. The highest BCUT2D eigenvalue weighted by molar-refractivity contribution is 5.82. The molecule has 0 spiro atoms. The van der Waals surface area contributed by atoms with Crippen molar-refractivity contribution in [2.75, 3.05) is 0 Å². The number of carbonyl (C=O) groups excluding carboxylic acids is 1. The van der Waals surface area contributed by atoms with Crippen LogP contribution in [0.2, 0.25) is 0 Å². The van der Waals surface area contributed by atoms with Crippen LogP contribution in [0.4, 0.5) is 13.2 Å². The number of aromatic nitrogens is 4. The van der Waals surface area contributed by atoms with Crippen LogP contribution in [0.25, 0.3) is 5.69 Å². The van der Waals surface area contributed by atoms with Crippen molar-refractivity contribution >= 4 is 12.1 Å². The second kappa shape index (κ2) is 5.67. The topological polar surface area (TPSA) is 96.5 Å². The predicted molar refractivity (Wildman–Crippen MR) is 73.8 cm³/mol. The predicted octanol–water partition coefficient (Wildman–Crippen LogP) is 0.674. The molecule has 8 nitrogen and oxygen atoms in total. The fourth-order valence-electron chi connectivity index (χ4n) is 2.23. The Morgan fingerprint density at radius 3 is 2.58 bits per heavy atom. The Morgan fingerprint density at radius 2 is 2.00 bits per heavy atom. The first-order chi connectivity index (χ1) is 11.3. The standard InChI is InChI=1S/C13H11F3N6O2/c14-13(15,16)12(24)5-6-18-22(12)11(23)7-9-1-3-10(4-2-9)21-8-17-19-20-21/h1-4,6,8,24H,5,7H2/t12-/m0/s1. The zero-order valence-electron chi connectivity index (χ0n) is 12.1. The Labute approximate surface area is 133 Å². The molecule has 0 aliphatic carbocycles. The Hall–Kier alpha value is -2.82. The molecule has 2 aromatic rings. The first-order valence-corrected chi connectivity index (χ1v) is 6.78. The molecule has 1 aromatic heterocycles. The maximum absolute atomic E-state index is 13.0. The molecule has 0 saturated heterocycles. The second-order valence-electron chi connectivity index (χ2n) is 5.12. The number of hydrogen-bond donors (Lipinski definition) is 1. The summed E-state index contributed by atoms with van der Waals surface area (Å²) in [6.45, 7) is 0. The van der Waals surface area contributed by atoms with Gasteiger partial charge in [0.15, 0.2) is 0 Å². The normalized spacial score (nSPS) is 20.6. The quantitative estimate of drug-likeness (QED) is 0.886. The van der Waals surface area contributed by atoms with Crippen molar-refractivity contribution < 1.29 is 23.1 Å². The van der Waals surface area contributed by atoms with E-state index in [-0.39, 0.29) is 11.4 Å². The van der Waals surface area contributed by atoms with Crippen LogP contribution < -0.4 is 0 Å². The molecule has 3 rings (SSSR count). The van der Waals surface area contributed by atoms with Gasteiger partial charge in [0.1, 0.15) is 6.33 Å². The van der Waals surface area contributed by atoms with Gasteiger partial charge in [-0.3, -0.25) is 4.79 Å². The van der Waals surface area contributed by atoms with Crippen molar-refractivity contribution in [2.45, 2.75) is 24.7 Å². The molecule has 126 valence electrons. The summed E-state index contributed by atoms with van der Waals surface area (Å²) in [6, 6.07) is 6.34. The van der Waals surface area contributed by atoms with Gasteiger partial charge >= 0.3 is 6.18 Å². The molecule has 1 amide bonds. The van der Waals surface area contributed by atoms with Crippen LogP contribution in [0, 0.1) is 0 Å². The van der Waals surface area contributed by atoms with Gasteiger partial charge in [-0.05, 0) is 28.1 Å². The van der Waals surface area contributed by atoms with Gasteiger partial charge in [-0.2, -0.15) is 23.3 Å². The smallest absolute Gasteiger partial charge is 0.362 e. The molecule has 0 saturated carbocycles. The van der Waals surface area contributed by atoms with E-state index in [1.165, 1.54) is 11.0 Å². The SMILES string of the molecule is O=C(Cc1ccc(-n2cnnn2)cc1)N1N=CC[C@]1(O)C(F)(F)F. The molecule has 1 aromatic carbocycles. The van der Waals surface area contributed by atoms with Gasteiger partial charge in [0.05, 0.1) is 12.1 Å². The number of hydrazone groups is 1. The third kappa shape index (κ3) is 2.73. The molecule has 0 radical (unpaired) electrons. The van der Waals surface area contributed by atoms with E-state index in [1.807, 2.05) is 0 Å². The molecule has 11 heteroatoms. The number of aliphatic hydroxyl groups is 1. The highest BCUT2D eigenvalue weighted by Crippen LogP contribution is 2.38. The van der Waals surface area contributed by atoms with Gasteiger partial charge in [-0.15, -0.1) is 5.10 Å². The Bertz CT molecular complexity index is 759.